The molecule has 0 atom stereocenters. The molecule has 1 saturated heterocycles. The second-order valence-corrected chi connectivity index (χ2v) is 4.61. The maximum absolute atomic E-state index is 12.0. The highest BCUT2D eigenvalue weighted by atomic mass is 16.4. The summed E-state index contributed by atoms with van der Waals surface area (Å²) in [5, 5.41) is 10.7. The quantitative estimate of drug-likeness (QED) is 0.819. The van der Waals surface area contributed by atoms with Crippen LogP contribution in [0.4, 0.5) is 0 Å². The lowest BCUT2D eigenvalue weighted by Gasteiger charge is -2.32. The number of amides is 1. The summed E-state index contributed by atoms with van der Waals surface area (Å²) in [6.07, 6.45) is 0. The number of hydrazine groups is 1. The molecule has 0 saturated carbocycles. The Kier molecular flexibility index (Phi) is 4.13. The van der Waals surface area contributed by atoms with Crippen molar-refractivity contribution >= 4 is 11.9 Å². The van der Waals surface area contributed by atoms with Crippen LogP contribution in [0.1, 0.15) is 20.7 Å². The topological polar surface area (TPSA) is 72.9 Å². The highest BCUT2D eigenvalue weighted by Crippen LogP contribution is 2.05. The average Bonchev–Trinajstić information content (AvgIpc) is 2.41. The number of rotatable bonds is 3. The number of benzene rings is 1. The van der Waals surface area contributed by atoms with Gasteiger partial charge >= 0.3 is 5.97 Å². The van der Waals surface area contributed by atoms with Gasteiger partial charge in [0.05, 0.1) is 5.56 Å². The standard InChI is InChI=1S/C13H17N3O3/c1-15-6-8-16(9-7-15)14-12(17)10-2-4-11(5-3-10)13(18)19/h2-5H,6-9H2,1H3,(H,14,17)(H,18,19). The maximum atomic E-state index is 12.0. The van der Waals surface area contributed by atoms with Crippen molar-refractivity contribution in [3.05, 3.63) is 35.4 Å². The largest absolute Gasteiger partial charge is 0.478 e. The van der Waals surface area contributed by atoms with Crippen LogP contribution in [-0.4, -0.2) is 60.1 Å². The Bertz CT molecular complexity index is 465. The number of carboxylic acids is 1. The molecular weight excluding hydrogens is 246 g/mol. The van der Waals surface area contributed by atoms with E-state index in [4.69, 9.17) is 5.11 Å². The number of hydrogen-bond donors (Lipinski definition) is 2. The van der Waals surface area contributed by atoms with Crippen LogP contribution in [0.15, 0.2) is 24.3 Å². The number of nitrogens with zero attached hydrogens (tertiary/aromatic N) is 2. The van der Waals surface area contributed by atoms with E-state index in [0.29, 0.717) is 5.56 Å². The maximum Gasteiger partial charge on any atom is 0.335 e. The van der Waals surface area contributed by atoms with Gasteiger partial charge in [0.2, 0.25) is 0 Å². The summed E-state index contributed by atoms with van der Waals surface area (Å²) in [4.78, 5) is 24.9. The Hall–Kier alpha value is -1.92. The predicted molar refractivity (Wildman–Crippen MR) is 69.9 cm³/mol. The number of carbonyl (C=O) groups excluding carboxylic acids is 1. The molecule has 1 aliphatic rings. The summed E-state index contributed by atoms with van der Waals surface area (Å²) in [5.74, 6) is -1.20. The van der Waals surface area contributed by atoms with Crippen LogP contribution in [-0.2, 0) is 0 Å². The van der Waals surface area contributed by atoms with Crippen LogP contribution in [0, 0.1) is 0 Å². The van der Waals surface area contributed by atoms with E-state index in [0.717, 1.165) is 26.2 Å². The van der Waals surface area contributed by atoms with E-state index in [1.807, 2.05) is 12.1 Å². The Morgan fingerprint density at radius 3 is 2.11 bits per heavy atom. The molecule has 1 aromatic rings. The van der Waals surface area contributed by atoms with Crippen molar-refractivity contribution in [3.8, 4) is 0 Å². The molecule has 1 aromatic carbocycles. The van der Waals surface area contributed by atoms with E-state index in [9.17, 15) is 9.59 Å². The van der Waals surface area contributed by atoms with Gasteiger partial charge in [-0.25, -0.2) is 9.80 Å². The first-order valence-electron chi connectivity index (χ1n) is 6.14. The van der Waals surface area contributed by atoms with Crippen molar-refractivity contribution in [2.24, 2.45) is 0 Å². The number of nitrogens with one attached hydrogen (secondary N) is 1. The van der Waals surface area contributed by atoms with Crippen molar-refractivity contribution < 1.29 is 14.7 Å². The lowest BCUT2D eigenvalue weighted by atomic mass is 10.1. The number of carbonyl (C=O) groups is 2. The van der Waals surface area contributed by atoms with Crippen LogP contribution < -0.4 is 5.43 Å². The summed E-state index contributed by atoms with van der Waals surface area (Å²) in [6.45, 7) is 3.40. The van der Waals surface area contributed by atoms with Gasteiger partial charge in [0.25, 0.3) is 5.91 Å². The molecule has 0 unspecified atom stereocenters. The number of likely N-dealkylation sites (N-methyl/N-ethyl adjacent to an activating group) is 1. The van der Waals surface area contributed by atoms with Crippen molar-refractivity contribution in [2.45, 2.75) is 0 Å². The van der Waals surface area contributed by atoms with Gasteiger partial charge < -0.3 is 10.0 Å². The second-order valence-electron chi connectivity index (χ2n) is 4.61. The van der Waals surface area contributed by atoms with Crippen molar-refractivity contribution in [2.75, 3.05) is 33.2 Å². The first-order valence-corrected chi connectivity index (χ1v) is 6.14. The summed E-state index contributed by atoms with van der Waals surface area (Å²) in [5.41, 5.74) is 3.46. The van der Waals surface area contributed by atoms with Crippen LogP contribution >= 0.6 is 0 Å². The van der Waals surface area contributed by atoms with Gasteiger partial charge in [-0.05, 0) is 31.3 Å². The molecule has 0 bridgehead atoms. The molecule has 0 aromatic heterocycles. The zero-order valence-electron chi connectivity index (χ0n) is 10.8. The van der Waals surface area contributed by atoms with Crippen molar-refractivity contribution in [1.82, 2.24) is 15.3 Å². The zero-order valence-corrected chi connectivity index (χ0v) is 10.8. The van der Waals surface area contributed by atoms with Gasteiger partial charge in [-0.3, -0.25) is 10.2 Å². The van der Waals surface area contributed by atoms with E-state index < -0.39 is 5.97 Å². The molecular formula is C13H17N3O3. The Labute approximate surface area is 111 Å². The fourth-order valence-corrected chi connectivity index (χ4v) is 1.89. The third-order valence-electron chi connectivity index (χ3n) is 3.16. The summed E-state index contributed by atoms with van der Waals surface area (Å²) in [7, 11) is 2.05. The monoisotopic (exact) mass is 263 g/mol. The minimum atomic E-state index is -0.994. The van der Waals surface area contributed by atoms with Crippen LogP contribution in [0.25, 0.3) is 0 Å². The third kappa shape index (κ3) is 3.52. The van der Waals surface area contributed by atoms with Gasteiger partial charge in [-0.2, -0.15) is 0 Å². The normalized spacial score (nSPS) is 17.1. The smallest absolute Gasteiger partial charge is 0.335 e. The first-order chi connectivity index (χ1) is 9.06. The molecule has 0 spiro atoms. The lowest BCUT2D eigenvalue weighted by Crippen LogP contribution is -2.52. The number of carboxylic acid groups (broad SMARTS) is 1. The van der Waals surface area contributed by atoms with E-state index >= 15 is 0 Å². The molecule has 2 rings (SSSR count). The molecule has 2 N–H and O–H groups in total. The fourth-order valence-electron chi connectivity index (χ4n) is 1.89. The second kappa shape index (κ2) is 5.81. The van der Waals surface area contributed by atoms with Crippen molar-refractivity contribution in [3.63, 3.8) is 0 Å². The SMILES string of the molecule is CN1CCN(NC(=O)c2ccc(C(=O)O)cc2)CC1. The molecule has 1 amide bonds. The average molecular weight is 263 g/mol. The summed E-state index contributed by atoms with van der Waals surface area (Å²) < 4.78 is 0. The number of aromatic carboxylic acids is 1. The van der Waals surface area contributed by atoms with Crippen molar-refractivity contribution in [1.29, 1.82) is 0 Å². The van der Waals surface area contributed by atoms with Gasteiger partial charge in [0.1, 0.15) is 0 Å². The molecule has 19 heavy (non-hydrogen) atoms. The first kappa shape index (κ1) is 13.5. The molecule has 102 valence electrons. The number of hydrogen-bond acceptors (Lipinski definition) is 4. The van der Waals surface area contributed by atoms with Crippen LogP contribution in [0.5, 0.6) is 0 Å². The Morgan fingerprint density at radius 1 is 1.05 bits per heavy atom. The highest BCUT2D eigenvalue weighted by molar-refractivity contribution is 5.95. The number of piperazine rings is 1. The van der Waals surface area contributed by atoms with Crippen LogP contribution in [0.3, 0.4) is 0 Å². The molecule has 6 nitrogen and oxygen atoms in total. The van der Waals surface area contributed by atoms with Gasteiger partial charge in [-0.1, -0.05) is 0 Å². The van der Waals surface area contributed by atoms with E-state index in [1.54, 1.807) is 0 Å². The van der Waals surface area contributed by atoms with E-state index in [-0.39, 0.29) is 11.5 Å². The molecule has 0 radical (unpaired) electrons. The molecule has 6 heteroatoms. The highest BCUT2D eigenvalue weighted by Gasteiger charge is 2.16. The predicted octanol–water partition coefficient (Wildman–Crippen LogP) is 0.277. The van der Waals surface area contributed by atoms with Crippen LogP contribution in [0.2, 0.25) is 0 Å². The van der Waals surface area contributed by atoms with Gasteiger partial charge in [-0.15, -0.1) is 0 Å². The minimum Gasteiger partial charge on any atom is -0.478 e. The third-order valence-corrected chi connectivity index (χ3v) is 3.16. The zero-order chi connectivity index (χ0) is 13.8. The molecule has 0 aliphatic carbocycles. The molecule has 1 fully saturated rings. The van der Waals surface area contributed by atoms with Gasteiger partial charge in [0.15, 0.2) is 0 Å². The van der Waals surface area contributed by atoms with Gasteiger partial charge in [0, 0.05) is 31.7 Å². The molecule has 1 aliphatic heterocycles. The fraction of sp³-hybridized carbons (Fsp3) is 0.385. The minimum absolute atomic E-state index is 0.177. The molecule has 1 heterocycles. The van der Waals surface area contributed by atoms with E-state index in [1.165, 1.54) is 24.3 Å². The van der Waals surface area contributed by atoms with E-state index in [2.05, 4.69) is 10.3 Å². The summed E-state index contributed by atoms with van der Waals surface area (Å²) in [6, 6.07) is 5.91. The Balaban J connectivity index is 1.94. The Morgan fingerprint density at radius 2 is 1.58 bits per heavy atom. The summed E-state index contributed by atoms with van der Waals surface area (Å²) >= 11 is 0. The lowest BCUT2D eigenvalue weighted by molar-refractivity contribution is 0.0658.